The molecule has 0 rings (SSSR count). The van der Waals surface area contributed by atoms with Gasteiger partial charge in [0.1, 0.15) is 0 Å². The summed E-state index contributed by atoms with van der Waals surface area (Å²) in [5.74, 6) is 0. The van der Waals surface area contributed by atoms with E-state index in [4.69, 9.17) is 4.74 Å². The second-order valence-corrected chi connectivity index (χ2v) is 5.45. The highest BCUT2D eigenvalue weighted by Crippen LogP contribution is 2.13. The molecule has 0 aliphatic heterocycles. The van der Waals surface area contributed by atoms with Crippen molar-refractivity contribution in [3.63, 3.8) is 0 Å². The molecule has 0 heterocycles. The molecule has 2 heteroatoms. The van der Waals surface area contributed by atoms with E-state index in [2.05, 4.69) is 20.8 Å². The van der Waals surface area contributed by atoms with Crippen LogP contribution >= 0.6 is 0 Å². The summed E-state index contributed by atoms with van der Waals surface area (Å²) in [5, 5.41) is 9.32. The molecular formula is C16H34O2. The van der Waals surface area contributed by atoms with Gasteiger partial charge in [0.15, 0.2) is 0 Å². The highest BCUT2D eigenvalue weighted by molar-refractivity contribution is 4.61. The number of ether oxygens (including phenoxy) is 1. The van der Waals surface area contributed by atoms with Gasteiger partial charge in [0, 0.05) is 0 Å². The van der Waals surface area contributed by atoms with E-state index in [-0.39, 0.29) is 12.7 Å². The van der Waals surface area contributed by atoms with E-state index >= 15 is 0 Å². The van der Waals surface area contributed by atoms with E-state index in [9.17, 15) is 5.11 Å². The summed E-state index contributed by atoms with van der Waals surface area (Å²) < 4.78 is 5.91. The number of aliphatic hydroxyl groups excluding tert-OH is 1. The topological polar surface area (TPSA) is 29.5 Å². The van der Waals surface area contributed by atoms with Crippen molar-refractivity contribution in [1.29, 1.82) is 0 Å². The zero-order valence-electron chi connectivity index (χ0n) is 12.8. The maximum Gasteiger partial charge on any atom is 0.0809 e. The molecule has 0 aromatic carbocycles. The third-order valence-corrected chi connectivity index (χ3v) is 3.47. The van der Waals surface area contributed by atoms with Crippen LogP contribution < -0.4 is 0 Å². The van der Waals surface area contributed by atoms with Crippen LogP contribution in [0.5, 0.6) is 0 Å². The first-order chi connectivity index (χ1) is 8.74. The molecule has 0 saturated carbocycles. The monoisotopic (exact) mass is 258 g/mol. The summed E-state index contributed by atoms with van der Waals surface area (Å²) >= 11 is 0. The summed E-state index contributed by atoms with van der Waals surface area (Å²) in [5.41, 5.74) is 0. The van der Waals surface area contributed by atoms with Gasteiger partial charge < -0.3 is 9.84 Å². The quantitative estimate of drug-likeness (QED) is 0.485. The third-order valence-electron chi connectivity index (χ3n) is 3.47. The number of hydrogen-bond donors (Lipinski definition) is 1. The van der Waals surface area contributed by atoms with Gasteiger partial charge in [-0.25, -0.2) is 0 Å². The average molecular weight is 258 g/mol. The summed E-state index contributed by atoms with van der Waals surface area (Å²) in [4.78, 5) is 0. The van der Waals surface area contributed by atoms with Gasteiger partial charge >= 0.3 is 0 Å². The van der Waals surface area contributed by atoms with Crippen molar-refractivity contribution in [1.82, 2.24) is 0 Å². The Hall–Kier alpha value is -0.0800. The molecule has 2 unspecified atom stereocenters. The lowest BCUT2D eigenvalue weighted by Crippen LogP contribution is -2.23. The van der Waals surface area contributed by atoms with E-state index in [1.807, 2.05) is 0 Å². The Morgan fingerprint density at radius 2 is 1.39 bits per heavy atom. The second kappa shape index (κ2) is 13.4. The molecule has 0 amide bonds. The standard InChI is InChI=1S/C16H34O2/c1-4-6-8-10-12-15(3)18-16(14-17)13-11-9-7-5-2/h15-17H,4-14H2,1-3H3. The molecule has 0 aliphatic rings. The van der Waals surface area contributed by atoms with Crippen LogP contribution in [0.1, 0.15) is 85.0 Å². The Bertz CT molecular complexity index is 159. The normalized spacial score (nSPS) is 14.7. The molecule has 0 fully saturated rings. The first kappa shape index (κ1) is 17.9. The van der Waals surface area contributed by atoms with Gasteiger partial charge in [-0.15, -0.1) is 0 Å². The van der Waals surface area contributed by atoms with E-state index in [0.29, 0.717) is 6.10 Å². The largest absolute Gasteiger partial charge is 0.394 e. The van der Waals surface area contributed by atoms with Crippen molar-refractivity contribution in [3.05, 3.63) is 0 Å². The van der Waals surface area contributed by atoms with Crippen LogP contribution in [0.3, 0.4) is 0 Å². The molecule has 2 nitrogen and oxygen atoms in total. The zero-order valence-corrected chi connectivity index (χ0v) is 12.8. The van der Waals surface area contributed by atoms with Crippen LogP contribution in [-0.2, 0) is 4.74 Å². The Morgan fingerprint density at radius 3 is 1.89 bits per heavy atom. The molecule has 0 aromatic rings. The molecular weight excluding hydrogens is 224 g/mol. The van der Waals surface area contributed by atoms with Crippen molar-refractivity contribution in [3.8, 4) is 0 Å². The van der Waals surface area contributed by atoms with Crippen LogP contribution in [0, 0.1) is 0 Å². The van der Waals surface area contributed by atoms with Gasteiger partial charge in [0.05, 0.1) is 18.8 Å². The van der Waals surface area contributed by atoms with E-state index in [1.54, 1.807) is 0 Å². The number of hydrogen-bond acceptors (Lipinski definition) is 2. The summed E-state index contributed by atoms with van der Waals surface area (Å²) in [6.45, 7) is 6.77. The summed E-state index contributed by atoms with van der Waals surface area (Å²) in [6, 6.07) is 0. The van der Waals surface area contributed by atoms with Crippen molar-refractivity contribution in [2.75, 3.05) is 6.61 Å². The predicted molar refractivity (Wildman–Crippen MR) is 78.9 cm³/mol. The molecule has 1 N–H and O–H groups in total. The van der Waals surface area contributed by atoms with Crippen molar-refractivity contribution < 1.29 is 9.84 Å². The molecule has 18 heavy (non-hydrogen) atoms. The molecule has 0 spiro atoms. The molecule has 2 atom stereocenters. The fourth-order valence-corrected chi connectivity index (χ4v) is 2.26. The van der Waals surface area contributed by atoms with Crippen molar-refractivity contribution in [2.45, 2.75) is 97.2 Å². The first-order valence-corrected chi connectivity index (χ1v) is 8.00. The molecule has 0 aliphatic carbocycles. The van der Waals surface area contributed by atoms with Crippen molar-refractivity contribution >= 4 is 0 Å². The van der Waals surface area contributed by atoms with Gasteiger partial charge in [-0.1, -0.05) is 65.2 Å². The minimum atomic E-state index is 0.0584. The van der Waals surface area contributed by atoms with Gasteiger partial charge in [-0.2, -0.15) is 0 Å². The molecule has 0 bridgehead atoms. The maximum absolute atomic E-state index is 9.32. The first-order valence-electron chi connectivity index (χ1n) is 8.00. The van der Waals surface area contributed by atoms with E-state index in [0.717, 1.165) is 12.8 Å². The van der Waals surface area contributed by atoms with E-state index in [1.165, 1.54) is 51.4 Å². The fourth-order valence-electron chi connectivity index (χ4n) is 2.26. The lowest BCUT2D eigenvalue weighted by Gasteiger charge is -2.21. The maximum atomic E-state index is 9.32. The average Bonchev–Trinajstić information content (AvgIpc) is 2.38. The summed E-state index contributed by atoms with van der Waals surface area (Å²) in [7, 11) is 0. The van der Waals surface area contributed by atoms with Gasteiger partial charge in [0.2, 0.25) is 0 Å². The predicted octanol–water partition coefficient (Wildman–Crippen LogP) is 4.69. The van der Waals surface area contributed by atoms with Gasteiger partial charge in [0.25, 0.3) is 0 Å². The Morgan fingerprint density at radius 1 is 0.833 bits per heavy atom. The molecule has 0 radical (unpaired) electrons. The second-order valence-electron chi connectivity index (χ2n) is 5.45. The SMILES string of the molecule is CCCCCCC(C)OC(CO)CCCCCC. The Balaban J connectivity index is 3.55. The van der Waals surface area contributed by atoms with Gasteiger partial charge in [-0.05, 0) is 19.8 Å². The van der Waals surface area contributed by atoms with Crippen LogP contribution in [0.2, 0.25) is 0 Å². The van der Waals surface area contributed by atoms with Crippen LogP contribution in [-0.4, -0.2) is 23.9 Å². The number of rotatable bonds is 13. The number of unbranched alkanes of at least 4 members (excludes halogenated alkanes) is 6. The lowest BCUT2D eigenvalue weighted by atomic mass is 10.1. The lowest BCUT2D eigenvalue weighted by molar-refractivity contribution is -0.0397. The van der Waals surface area contributed by atoms with E-state index < -0.39 is 0 Å². The van der Waals surface area contributed by atoms with Crippen LogP contribution in [0.4, 0.5) is 0 Å². The number of aliphatic hydroxyl groups is 1. The summed E-state index contributed by atoms with van der Waals surface area (Å²) in [6.07, 6.45) is 12.7. The molecule has 0 saturated heterocycles. The highest BCUT2D eigenvalue weighted by Gasteiger charge is 2.11. The fraction of sp³-hybridized carbons (Fsp3) is 1.00. The third kappa shape index (κ3) is 11.0. The zero-order chi connectivity index (χ0) is 13.6. The Kier molecular flexibility index (Phi) is 13.3. The molecule has 0 aromatic heterocycles. The van der Waals surface area contributed by atoms with Gasteiger partial charge in [-0.3, -0.25) is 0 Å². The van der Waals surface area contributed by atoms with Crippen LogP contribution in [0.15, 0.2) is 0 Å². The Labute approximate surface area is 114 Å². The minimum absolute atomic E-state index is 0.0584. The van der Waals surface area contributed by atoms with Crippen molar-refractivity contribution in [2.24, 2.45) is 0 Å². The van der Waals surface area contributed by atoms with Crippen LogP contribution in [0.25, 0.3) is 0 Å². The molecule has 110 valence electrons. The minimum Gasteiger partial charge on any atom is -0.394 e. The smallest absolute Gasteiger partial charge is 0.0809 e. The highest BCUT2D eigenvalue weighted by atomic mass is 16.5.